The Balaban J connectivity index is 1.33. The molecular formula is C30H28N8O4. The number of para-hydroxylation sites is 4. The van der Waals surface area contributed by atoms with E-state index in [1.807, 2.05) is 57.7 Å². The van der Waals surface area contributed by atoms with Gasteiger partial charge in [-0.25, -0.2) is 19.6 Å². The van der Waals surface area contributed by atoms with Crippen LogP contribution in [0.15, 0.2) is 67.7 Å². The molecule has 0 spiro atoms. The summed E-state index contributed by atoms with van der Waals surface area (Å²) in [6.45, 7) is 1.40. The molecule has 2 aromatic carbocycles. The summed E-state index contributed by atoms with van der Waals surface area (Å²) in [7, 11) is 0. The molecule has 212 valence electrons. The van der Waals surface area contributed by atoms with Gasteiger partial charge in [0.1, 0.15) is 0 Å². The van der Waals surface area contributed by atoms with Gasteiger partial charge in [-0.1, -0.05) is 24.3 Å². The predicted octanol–water partition coefficient (Wildman–Crippen LogP) is 2.48. The fourth-order valence-electron chi connectivity index (χ4n) is 5.92. The third kappa shape index (κ3) is 4.30. The lowest BCUT2D eigenvalue weighted by Gasteiger charge is -2.19. The molecule has 0 unspecified atom stereocenters. The van der Waals surface area contributed by atoms with Crippen molar-refractivity contribution in [3.63, 3.8) is 0 Å². The molecule has 8 heterocycles. The summed E-state index contributed by atoms with van der Waals surface area (Å²) in [5, 5.41) is 0. The maximum atomic E-state index is 13.5. The molecule has 42 heavy (non-hydrogen) atoms. The number of fused-ring (bicyclic) bond motifs is 2. The minimum atomic E-state index is -0.603. The number of aromatic nitrogens is 8. The monoisotopic (exact) mass is 564 g/mol. The molecule has 0 saturated heterocycles. The summed E-state index contributed by atoms with van der Waals surface area (Å²) in [6.07, 6.45) is 3.82. The summed E-state index contributed by atoms with van der Waals surface area (Å²) in [4.78, 5) is 70.8. The summed E-state index contributed by atoms with van der Waals surface area (Å²) >= 11 is 0. The van der Waals surface area contributed by atoms with E-state index in [0.29, 0.717) is 55.0 Å². The Kier molecular flexibility index (Phi) is 6.45. The van der Waals surface area contributed by atoms with E-state index < -0.39 is 22.5 Å². The van der Waals surface area contributed by atoms with Gasteiger partial charge in [0.15, 0.2) is 23.0 Å². The highest BCUT2D eigenvalue weighted by Crippen LogP contribution is 2.24. The van der Waals surface area contributed by atoms with Crippen molar-refractivity contribution in [3.05, 3.63) is 90.2 Å². The van der Waals surface area contributed by atoms with Crippen LogP contribution in [0.2, 0.25) is 0 Å². The number of hydrogen-bond donors (Lipinski definition) is 0. The molecule has 0 fully saturated rings. The SMILES string of the molecule is O=c1nc2n3c4ccccc4nc-2c(=O)n1CCCCCn1c(=O)nc2n(c4ccccc4nc-2c1=O)CCCCC3. The van der Waals surface area contributed by atoms with Crippen LogP contribution >= 0.6 is 0 Å². The number of rotatable bonds is 0. The van der Waals surface area contributed by atoms with Gasteiger partial charge in [-0.3, -0.25) is 18.7 Å². The molecule has 0 atom stereocenters. The predicted molar refractivity (Wildman–Crippen MR) is 157 cm³/mol. The lowest BCUT2D eigenvalue weighted by molar-refractivity contribution is 0.504. The van der Waals surface area contributed by atoms with Crippen LogP contribution in [0.3, 0.4) is 0 Å². The average molecular weight is 565 g/mol. The largest absolute Gasteiger partial charge is 0.352 e. The van der Waals surface area contributed by atoms with Gasteiger partial charge in [0.2, 0.25) is 0 Å². The van der Waals surface area contributed by atoms with Crippen LogP contribution in [-0.2, 0) is 26.2 Å². The Morgan fingerprint density at radius 1 is 0.452 bits per heavy atom. The van der Waals surface area contributed by atoms with Crippen LogP contribution in [0.5, 0.6) is 0 Å². The van der Waals surface area contributed by atoms with Crippen LogP contribution in [0.1, 0.15) is 38.5 Å². The van der Waals surface area contributed by atoms with Crippen molar-refractivity contribution in [2.24, 2.45) is 0 Å². The first kappa shape index (κ1) is 25.9. The van der Waals surface area contributed by atoms with Gasteiger partial charge < -0.3 is 9.13 Å². The summed E-state index contributed by atoms with van der Waals surface area (Å²) in [5.74, 6) is 0.605. The normalized spacial score (nSPS) is 15.0. The zero-order chi connectivity index (χ0) is 28.8. The van der Waals surface area contributed by atoms with Crippen LogP contribution in [0.25, 0.3) is 45.1 Å². The average Bonchev–Trinajstić information content (AvgIpc) is 2.99. The maximum absolute atomic E-state index is 13.5. The fraction of sp³-hybridized carbons (Fsp3) is 0.333. The smallest absolute Gasteiger partial charge is 0.322 e. The van der Waals surface area contributed by atoms with Gasteiger partial charge in [0, 0.05) is 26.2 Å². The highest BCUT2D eigenvalue weighted by atomic mass is 16.2. The first-order chi connectivity index (χ1) is 20.5. The van der Waals surface area contributed by atoms with Crippen LogP contribution in [-0.4, -0.2) is 38.2 Å². The van der Waals surface area contributed by atoms with Crippen molar-refractivity contribution in [1.29, 1.82) is 0 Å². The van der Waals surface area contributed by atoms with Crippen LogP contribution in [0, 0.1) is 0 Å². The van der Waals surface area contributed by atoms with Gasteiger partial charge in [0.25, 0.3) is 11.1 Å². The third-order valence-corrected chi connectivity index (χ3v) is 8.03. The van der Waals surface area contributed by atoms with E-state index in [-0.39, 0.29) is 24.5 Å². The number of aryl methyl sites for hydroxylation is 2. The first-order valence-corrected chi connectivity index (χ1v) is 14.3. The van der Waals surface area contributed by atoms with Gasteiger partial charge in [-0.05, 0) is 62.8 Å². The van der Waals surface area contributed by atoms with Gasteiger partial charge in [-0.15, -0.1) is 0 Å². The molecule has 0 amide bonds. The minimum absolute atomic E-state index is 0.164. The van der Waals surface area contributed by atoms with E-state index in [1.165, 1.54) is 0 Å². The van der Waals surface area contributed by atoms with Gasteiger partial charge in [-0.2, -0.15) is 9.97 Å². The third-order valence-electron chi connectivity index (χ3n) is 8.03. The lowest BCUT2D eigenvalue weighted by Crippen LogP contribution is -2.39. The Morgan fingerprint density at radius 3 is 1.26 bits per heavy atom. The van der Waals surface area contributed by atoms with E-state index in [1.54, 1.807) is 0 Å². The molecule has 8 aliphatic rings. The molecule has 0 N–H and O–H groups in total. The molecule has 0 aliphatic carbocycles. The number of benzene rings is 2. The molecule has 0 radical (unpaired) electrons. The highest BCUT2D eigenvalue weighted by molar-refractivity contribution is 5.80. The van der Waals surface area contributed by atoms with Crippen molar-refractivity contribution in [1.82, 2.24) is 38.2 Å². The molecule has 12 heteroatoms. The molecule has 0 aromatic heterocycles. The molecule has 8 bridgehead atoms. The van der Waals surface area contributed by atoms with E-state index in [4.69, 9.17) is 0 Å². The fourth-order valence-corrected chi connectivity index (χ4v) is 5.92. The van der Waals surface area contributed by atoms with E-state index in [2.05, 4.69) is 19.9 Å². The first-order valence-electron chi connectivity index (χ1n) is 14.3. The number of nitrogens with zero attached hydrogens (tertiary/aromatic N) is 8. The second kappa shape index (κ2) is 10.4. The minimum Gasteiger partial charge on any atom is -0.322 e. The molecule has 0 saturated carbocycles. The van der Waals surface area contributed by atoms with Crippen LogP contribution in [0.4, 0.5) is 0 Å². The Hall–Kier alpha value is -5.00. The van der Waals surface area contributed by atoms with Crippen molar-refractivity contribution in [2.75, 3.05) is 0 Å². The molecule has 8 aliphatic heterocycles. The van der Waals surface area contributed by atoms with Crippen molar-refractivity contribution in [3.8, 4) is 23.0 Å². The summed E-state index contributed by atoms with van der Waals surface area (Å²) in [5.41, 5.74) is 1.19. The van der Waals surface area contributed by atoms with E-state index >= 15 is 0 Å². The van der Waals surface area contributed by atoms with E-state index in [9.17, 15) is 19.2 Å². The van der Waals surface area contributed by atoms with Crippen molar-refractivity contribution < 1.29 is 0 Å². The molecule has 10 rings (SSSR count). The second-order valence-electron chi connectivity index (χ2n) is 10.7. The Labute approximate surface area is 238 Å². The highest BCUT2D eigenvalue weighted by Gasteiger charge is 2.23. The van der Waals surface area contributed by atoms with Gasteiger partial charge >= 0.3 is 11.4 Å². The van der Waals surface area contributed by atoms with Crippen LogP contribution < -0.4 is 22.5 Å². The molecular weight excluding hydrogens is 536 g/mol. The maximum Gasteiger partial charge on any atom is 0.352 e. The van der Waals surface area contributed by atoms with E-state index in [0.717, 1.165) is 39.4 Å². The number of hydrogen-bond acceptors (Lipinski definition) is 8. The zero-order valence-corrected chi connectivity index (χ0v) is 22.9. The Morgan fingerprint density at radius 2 is 0.833 bits per heavy atom. The molecule has 2 aromatic rings. The quantitative estimate of drug-likeness (QED) is 0.257. The zero-order valence-electron chi connectivity index (χ0n) is 22.9. The standard InChI is InChI=1S/C30H28N8O4/c39-27-23-25-33-29(41)37(27)17-9-2-10-18-38-28(40)24-26(34-30(38)42)36(22-14-6-4-12-20(22)32-24)16-8-1-7-15-35(25)21-13-5-3-11-19(21)31-23/h3-6,11-14H,1-2,7-10,15-18H2. The van der Waals surface area contributed by atoms with Crippen molar-refractivity contribution >= 4 is 22.1 Å². The van der Waals surface area contributed by atoms with Crippen molar-refractivity contribution in [2.45, 2.75) is 64.7 Å². The molecule has 12 nitrogen and oxygen atoms in total. The topological polar surface area (TPSA) is 140 Å². The summed E-state index contributed by atoms with van der Waals surface area (Å²) in [6, 6.07) is 15.1. The Bertz CT molecular complexity index is 2010. The lowest BCUT2D eigenvalue weighted by atomic mass is 10.2. The van der Waals surface area contributed by atoms with Gasteiger partial charge in [0.05, 0.1) is 22.1 Å². The summed E-state index contributed by atoms with van der Waals surface area (Å²) < 4.78 is 6.09. The second-order valence-corrected chi connectivity index (χ2v) is 10.7.